The summed E-state index contributed by atoms with van der Waals surface area (Å²) in [6.07, 6.45) is 1.70. The fourth-order valence-corrected chi connectivity index (χ4v) is 2.49. The number of nitrogens with one attached hydrogen (secondary N) is 1. The molecule has 0 aliphatic heterocycles. The van der Waals surface area contributed by atoms with Gasteiger partial charge in [-0.2, -0.15) is 9.90 Å². The van der Waals surface area contributed by atoms with Gasteiger partial charge in [-0.05, 0) is 37.6 Å². The van der Waals surface area contributed by atoms with E-state index < -0.39 is 0 Å². The van der Waals surface area contributed by atoms with Crippen molar-refractivity contribution in [3.8, 4) is 0 Å². The van der Waals surface area contributed by atoms with Crippen LogP contribution in [0, 0.1) is 13.8 Å². The topological polar surface area (TPSA) is 73.5 Å². The Kier molecular flexibility index (Phi) is 4.49. The molecule has 0 bridgehead atoms. The first kappa shape index (κ1) is 14.6. The van der Waals surface area contributed by atoms with Crippen molar-refractivity contribution in [2.75, 3.05) is 6.54 Å². The quantitative estimate of drug-likeness (QED) is 0.823. The second kappa shape index (κ2) is 6.13. The van der Waals surface area contributed by atoms with Crippen LogP contribution in [0.4, 0.5) is 0 Å². The fraction of sp³-hybridized carbons (Fsp3) is 0.692. The second-order valence-corrected chi connectivity index (χ2v) is 5.13. The first-order chi connectivity index (χ1) is 9.51. The van der Waals surface area contributed by atoms with E-state index in [1.54, 1.807) is 7.05 Å². The normalized spacial score (nSPS) is 12.8. The van der Waals surface area contributed by atoms with Crippen molar-refractivity contribution < 1.29 is 0 Å². The Labute approximate surface area is 119 Å². The van der Waals surface area contributed by atoms with Gasteiger partial charge in [-0.1, -0.05) is 6.92 Å². The molecule has 2 rings (SSSR count). The number of aryl methyl sites for hydroxylation is 3. The molecule has 1 N–H and O–H groups in total. The lowest BCUT2D eigenvalue weighted by molar-refractivity contribution is 0.507. The summed E-state index contributed by atoms with van der Waals surface area (Å²) in [7, 11) is 3.77. The summed E-state index contributed by atoms with van der Waals surface area (Å²) in [4.78, 5) is 1.50. The Hall–Kier alpha value is -1.76. The van der Waals surface area contributed by atoms with E-state index in [2.05, 4.69) is 46.6 Å². The highest BCUT2D eigenvalue weighted by molar-refractivity contribution is 5.25. The van der Waals surface area contributed by atoms with Crippen LogP contribution in [0.25, 0.3) is 0 Å². The van der Waals surface area contributed by atoms with Gasteiger partial charge in [0.2, 0.25) is 0 Å². The summed E-state index contributed by atoms with van der Waals surface area (Å²) in [6.45, 7) is 7.20. The van der Waals surface area contributed by atoms with Gasteiger partial charge < -0.3 is 5.32 Å². The summed E-state index contributed by atoms with van der Waals surface area (Å²) in [6, 6.07) is 0.297. The summed E-state index contributed by atoms with van der Waals surface area (Å²) < 4.78 is 1.94. The highest BCUT2D eigenvalue weighted by Gasteiger charge is 2.17. The molecule has 7 heteroatoms. The van der Waals surface area contributed by atoms with Gasteiger partial charge in [-0.15, -0.1) is 10.2 Å². The molecule has 0 aliphatic rings. The van der Waals surface area contributed by atoms with E-state index in [-0.39, 0.29) is 0 Å². The van der Waals surface area contributed by atoms with E-state index >= 15 is 0 Å². The Morgan fingerprint density at radius 3 is 2.40 bits per heavy atom. The van der Waals surface area contributed by atoms with Crippen molar-refractivity contribution >= 4 is 0 Å². The average molecular weight is 277 g/mol. The van der Waals surface area contributed by atoms with Crippen molar-refractivity contribution in [3.05, 3.63) is 22.8 Å². The van der Waals surface area contributed by atoms with Crippen molar-refractivity contribution in [2.24, 2.45) is 14.1 Å². The van der Waals surface area contributed by atoms with Crippen LogP contribution >= 0.6 is 0 Å². The highest BCUT2D eigenvalue weighted by atomic mass is 15.6. The molecule has 0 saturated carbocycles. The van der Waals surface area contributed by atoms with Crippen LogP contribution in [-0.4, -0.2) is 42.6 Å². The number of tetrazole rings is 1. The average Bonchev–Trinajstić information content (AvgIpc) is 2.89. The highest BCUT2D eigenvalue weighted by Crippen LogP contribution is 2.15. The van der Waals surface area contributed by atoms with Crippen molar-refractivity contribution in [1.29, 1.82) is 0 Å². The molecule has 0 fully saturated rings. The van der Waals surface area contributed by atoms with Crippen LogP contribution < -0.4 is 5.32 Å². The maximum Gasteiger partial charge on any atom is 0.176 e. The molecule has 2 aromatic heterocycles. The molecular formula is C13H23N7. The molecule has 7 nitrogen and oxygen atoms in total. The van der Waals surface area contributed by atoms with Crippen LogP contribution in [0.1, 0.15) is 29.7 Å². The van der Waals surface area contributed by atoms with E-state index in [0.717, 1.165) is 30.9 Å². The van der Waals surface area contributed by atoms with E-state index in [4.69, 9.17) is 0 Å². The van der Waals surface area contributed by atoms with Crippen molar-refractivity contribution in [1.82, 2.24) is 35.3 Å². The Morgan fingerprint density at radius 1 is 1.15 bits per heavy atom. The second-order valence-electron chi connectivity index (χ2n) is 5.13. The Bertz CT molecular complexity index is 569. The van der Waals surface area contributed by atoms with Crippen LogP contribution in [0.15, 0.2) is 0 Å². The van der Waals surface area contributed by atoms with Gasteiger partial charge in [0.25, 0.3) is 0 Å². The van der Waals surface area contributed by atoms with E-state index in [9.17, 15) is 0 Å². The maximum absolute atomic E-state index is 4.48. The van der Waals surface area contributed by atoms with Crippen LogP contribution in [0.2, 0.25) is 0 Å². The predicted octanol–water partition coefficient (Wildman–Crippen LogP) is 0.324. The lowest BCUT2D eigenvalue weighted by atomic mass is 10.0. The molecule has 0 aliphatic carbocycles. The third-order valence-corrected chi connectivity index (χ3v) is 3.58. The monoisotopic (exact) mass is 277 g/mol. The molecular weight excluding hydrogens is 254 g/mol. The summed E-state index contributed by atoms with van der Waals surface area (Å²) in [5.74, 6) is 0.776. The van der Waals surface area contributed by atoms with E-state index in [1.165, 1.54) is 16.1 Å². The van der Waals surface area contributed by atoms with Gasteiger partial charge in [0.15, 0.2) is 5.82 Å². The lowest BCUT2D eigenvalue weighted by Crippen LogP contribution is -2.33. The molecule has 20 heavy (non-hydrogen) atoms. The van der Waals surface area contributed by atoms with Crippen LogP contribution in [0.5, 0.6) is 0 Å². The Balaban J connectivity index is 2.12. The molecule has 0 amide bonds. The third kappa shape index (κ3) is 3.22. The van der Waals surface area contributed by atoms with Crippen molar-refractivity contribution in [2.45, 2.75) is 39.7 Å². The third-order valence-electron chi connectivity index (χ3n) is 3.58. The molecule has 1 unspecified atom stereocenters. The zero-order valence-electron chi connectivity index (χ0n) is 12.9. The number of nitrogens with zero attached hydrogens (tertiary/aromatic N) is 6. The number of rotatable bonds is 6. The molecule has 2 aromatic rings. The zero-order valence-corrected chi connectivity index (χ0v) is 12.9. The minimum Gasteiger partial charge on any atom is -0.313 e. The largest absolute Gasteiger partial charge is 0.313 e. The zero-order chi connectivity index (χ0) is 14.7. The van der Waals surface area contributed by atoms with E-state index in [0.29, 0.717) is 6.04 Å². The fourth-order valence-electron chi connectivity index (χ4n) is 2.49. The molecule has 0 aromatic carbocycles. The molecule has 1 atom stereocenters. The van der Waals surface area contributed by atoms with Gasteiger partial charge in [-0.25, -0.2) is 0 Å². The molecule has 0 saturated heterocycles. The number of aromatic nitrogens is 6. The minimum absolute atomic E-state index is 0.297. The smallest absolute Gasteiger partial charge is 0.176 e. The molecule has 0 radical (unpaired) electrons. The molecule has 0 spiro atoms. The van der Waals surface area contributed by atoms with Gasteiger partial charge in [-0.3, -0.25) is 4.68 Å². The SMILES string of the molecule is CCNC(Cc1nnn(C)n1)Cc1c(C)nn(C)c1C. The van der Waals surface area contributed by atoms with E-state index in [1.807, 2.05) is 11.7 Å². The number of hydrogen-bond donors (Lipinski definition) is 1. The predicted molar refractivity (Wildman–Crippen MR) is 76.4 cm³/mol. The summed E-state index contributed by atoms with van der Waals surface area (Å²) in [5.41, 5.74) is 3.62. The standard InChI is InChI=1S/C13H23N7/c1-6-14-11(8-13-15-18-20(5)17-13)7-12-9(2)16-19(4)10(12)3/h11,14H,6-8H2,1-5H3. The number of likely N-dealkylation sites (N-methyl/N-ethyl adjacent to an activating group) is 1. The first-order valence-electron chi connectivity index (χ1n) is 6.96. The minimum atomic E-state index is 0.297. The lowest BCUT2D eigenvalue weighted by Gasteiger charge is -2.16. The number of hydrogen-bond acceptors (Lipinski definition) is 5. The maximum atomic E-state index is 4.48. The Morgan fingerprint density at radius 2 is 1.90 bits per heavy atom. The van der Waals surface area contributed by atoms with Gasteiger partial charge in [0, 0.05) is 25.2 Å². The first-order valence-corrected chi connectivity index (χ1v) is 6.96. The molecule has 2 heterocycles. The molecule has 110 valence electrons. The van der Waals surface area contributed by atoms with Gasteiger partial charge in [0.1, 0.15) is 0 Å². The van der Waals surface area contributed by atoms with Crippen molar-refractivity contribution in [3.63, 3.8) is 0 Å². The van der Waals surface area contributed by atoms with Gasteiger partial charge >= 0.3 is 0 Å². The van der Waals surface area contributed by atoms with Gasteiger partial charge in [0.05, 0.1) is 12.7 Å². The van der Waals surface area contributed by atoms with Crippen LogP contribution in [0.3, 0.4) is 0 Å². The summed E-state index contributed by atoms with van der Waals surface area (Å²) in [5, 5.41) is 20.2. The summed E-state index contributed by atoms with van der Waals surface area (Å²) >= 11 is 0. The van der Waals surface area contributed by atoms with Crippen LogP contribution in [-0.2, 0) is 26.9 Å².